The highest BCUT2D eigenvalue weighted by atomic mass is 79.9. The first-order chi connectivity index (χ1) is 16.0. The van der Waals surface area contributed by atoms with E-state index in [4.69, 9.17) is 12.2 Å². The van der Waals surface area contributed by atoms with Crippen molar-refractivity contribution in [2.75, 3.05) is 0 Å². The Morgan fingerprint density at radius 3 is 2.42 bits per heavy atom. The Morgan fingerprint density at radius 1 is 0.970 bits per heavy atom. The molecule has 0 saturated carbocycles. The zero-order valence-electron chi connectivity index (χ0n) is 18.6. The van der Waals surface area contributed by atoms with E-state index >= 15 is 0 Å². The molecule has 3 heterocycles. The van der Waals surface area contributed by atoms with Crippen molar-refractivity contribution in [1.29, 1.82) is 0 Å². The van der Waals surface area contributed by atoms with Crippen LogP contribution in [0, 0.1) is 13.8 Å². The second kappa shape index (κ2) is 9.12. The zero-order valence-corrected chi connectivity index (χ0v) is 21.0. The van der Waals surface area contributed by atoms with Crippen LogP contribution in [0.2, 0.25) is 0 Å². The van der Waals surface area contributed by atoms with Crippen molar-refractivity contribution in [1.82, 2.24) is 19.8 Å². The first-order valence-corrected chi connectivity index (χ1v) is 12.2. The second-order valence-corrected chi connectivity index (χ2v) is 9.59. The van der Waals surface area contributed by atoms with Gasteiger partial charge in [-0.15, -0.1) is 0 Å². The summed E-state index contributed by atoms with van der Waals surface area (Å²) in [5.74, 6) is 0. The van der Waals surface area contributed by atoms with Gasteiger partial charge in [0.05, 0.1) is 23.5 Å². The standard InChI is InChI=1S/C27H25BrN4S/c1-18-16-21(19(2)32(18)24-14-7-6-12-22(24)28)26-25(23-13-8-9-15-29-23)30-27(33)31(26)17-20-10-4-3-5-11-20/h3-16,25-26H,17H2,1-2H3,(H,30,33)/t25-,26-/m0/s1. The van der Waals surface area contributed by atoms with Crippen LogP contribution >= 0.6 is 28.1 Å². The largest absolute Gasteiger partial charge is 0.352 e. The highest BCUT2D eigenvalue weighted by Crippen LogP contribution is 2.42. The molecule has 5 rings (SSSR count). The fourth-order valence-corrected chi connectivity index (χ4v) is 5.55. The van der Waals surface area contributed by atoms with Crippen LogP contribution in [0.3, 0.4) is 0 Å². The maximum absolute atomic E-state index is 5.86. The van der Waals surface area contributed by atoms with Crippen molar-refractivity contribution in [3.63, 3.8) is 0 Å². The molecule has 2 atom stereocenters. The number of nitrogens with one attached hydrogen (secondary N) is 1. The molecule has 6 heteroatoms. The Hall–Kier alpha value is -2.96. The topological polar surface area (TPSA) is 33.1 Å². The van der Waals surface area contributed by atoms with Gasteiger partial charge in [0.15, 0.2) is 5.11 Å². The molecule has 0 spiro atoms. The first-order valence-electron chi connectivity index (χ1n) is 11.0. The van der Waals surface area contributed by atoms with Crippen LogP contribution in [-0.4, -0.2) is 19.6 Å². The SMILES string of the molecule is Cc1cc([C@H]2[C@H](c3ccccn3)NC(=S)N2Cc2ccccc2)c(C)n1-c1ccccc1Br. The summed E-state index contributed by atoms with van der Waals surface area (Å²) in [5, 5.41) is 4.33. The monoisotopic (exact) mass is 516 g/mol. The summed E-state index contributed by atoms with van der Waals surface area (Å²) in [6.07, 6.45) is 1.85. The number of halogens is 1. The third-order valence-electron chi connectivity index (χ3n) is 6.28. The first kappa shape index (κ1) is 21.9. The molecule has 4 aromatic rings. The van der Waals surface area contributed by atoms with Gasteiger partial charge >= 0.3 is 0 Å². The quantitative estimate of drug-likeness (QED) is 0.310. The van der Waals surface area contributed by atoms with Crippen molar-refractivity contribution >= 4 is 33.3 Å². The Labute approximate surface area is 208 Å². The van der Waals surface area contributed by atoms with Gasteiger partial charge in [-0.3, -0.25) is 4.98 Å². The molecule has 0 bridgehead atoms. The lowest BCUT2D eigenvalue weighted by Gasteiger charge is -2.28. The number of aryl methyl sites for hydroxylation is 1. The molecular formula is C27H25BrN4S. The molecule has 1 aliphatic rings. The lowest BCUT2D eigenvalue weighted by Crippen LogP contribution is -2.29. The number of rotatable bonds is 5. The fraction of sp³-hybridized carbons (Fsp3) is 0.185. The minimum atomic E-state index is -0.0319. The Morgan fingerprint density at radius 2 is 1.70 bits per heavy atom. The maximum atomic E-state index is 5.86. The number of thiocarbonyl (C=S) groups is 1. The molecule has 0 unspecified atom stereocenters. The van der Waals surface area contributed by atoms with E-state index < -0.39 is 0 Å². The molecule has 2 aromatic carbocycles. The summed E-state index contributed by atoms with van der Waals surface area (Å²) in [6.45, 7) is 5.09. The summed E-state index contributed by atoms with van der Waals surface area (Å²) >= 11 is 9.60. The molecule has 0 aliphatic carbocycles. The zero-order chi connectivity index (χ0) is 22.9. The Kier molecular flexibility index (Phi) is 6.04. The van der Waals surface area contributed by atoms with Gasteiger partial charge in [0, 0.05) is 28.6 Å². The van der Waals surface area contributed by atoms with E-state index in [1.165, 1.54) is 22.5 Å². The minimum Gasteiger partial charge on any atom is -0.352 e. The predicted octanol–water partition coefficient (Wildman–Crippen LogP) is 6.42. The van der Waals surface area contributed by atoms with Gasteiger partial charge in [-0.2, -0.15) is 0 Å². The van der Waals surface area contributed by atoms with Gasteiger partial charge in [-0.1, -0.05) is 48.5 Å². The fourth-order valence-electron chi connectivity index (χ4n) is 4.79. The maximum Gasteiger partial charge on any atom is 0.170 e. The summed E-state index contributed by atoms with van der Waals surface area (Å²) in [4.78, 5) is 6.98. The lowest BCUT2D eigenvalue weighted by atomic mass is 9.96. The van der Waals surface area contributed by atoms with E-state index in [-0.39, 0.29) is 12.1 Å². The van der Waals surface area contributed by atoms with Crippen molar-refractivity contribution in [2.24, 2.45) is 0 Å². The van der Waals surface area contributed by atoms with Crippen molar-refractivity contribution in [3.05, 3.63) is 118 Å². The molecule has 1 N–H and O–H groups in total. The van der Waals surface area contributed by atoms with Crippen LogP contribution in [-0.2, 0) is 6.54 Å². The third-order valence-corrected chi connectivity index (χ3v) is 7.30. The second-order valence-electron chi connectivity index (χ2n) is 8.35. The predicted molar refractivity (Wildman–Crippen MR) is 140 cm³/mol. The van der Waals surface area contributed by atoms with Crippen molar-refractivity contribution in [3.8, 4) is 5.69 Å². The van der Waals surface area contributed by atoms with Gasteiger partial charge in [-0.05, 0) is 83.5 Å². The van der Waals surface area contributed by atoms with E-state index in [1.807, 2.05) is 30.5 Å². The van der Waals surface area contributed by atoms with Crippen molar-refractivity contribution < 1.29 is 0 Å². The molecule has 1 aliphatic heterocycles. The molecule has 0 amide bonds. The number of pyridine rings is 1. The van der Waals surface area contributed by atoms with Gasteiger partial charge in [0.1, 0.15) is 0 Å². The highest BCUT2D eigenvalue weighted by molar-refractivity contribution is 9.10. The minimum absolute atomic E-state index is 0.0232. The molecule has 33 heavy (non-hydrogen) atoms. The van der Waals surface area contributed by atoms with Gasteiger partial charge in [0.25, 0.3) is 0 Å². The molecular weight excluding hydrogens is 492 g/mol. The molecule has 4 nitrogen and oxygen atoms in total. The number of hydrogen-bond donors (Lipinski definition) is 1. The number of benzene rings is 2. The van der Waals surface area contributed by atoms with Crippen LogP contribution in [0.1, 0.15) is 40.3 Å². The molecule has 166 valence electrons. The molecule has 1 saturated heterocycles. The van der Waals surface area contributed by atoms with E-state index in [0.717, 1.165) is 27.5 Å². The lowest BCUT2D eigenvalue weighted by molar-refractivity contribution is 0.310. The Bertz CT molecular complexity index is 1290. The van der Waals surface area contributed by atoms with Crippen LogP contribution in [0.25, 0.3) is 5.69 Å². The van der Waals surface area contributed by atoms with E-state index in [1.54, 1.807) is 0 Å². The van der Waals surface area contributed by atoms with Crippen LogP contribution in [0.4, 0.5) is 0 Å². The van der Waals surface area contributed by atoms with Gasteiger partial charge in [-0.25, -0.2) is 0 Å². The van der Waals surface area contributed by atoms with Crippen LogP contribution in [0.15, 0.2) is 89.5 Å². The summed E-state index contributed by atoms with van der Waals surface area (Å²) in [7, 11) is 0. The average Bonchev–Trinajstić information content (AvgIpc) is 3.30. The number of nitrogens with zero attached hydrogens (tertiary/aromatic N) is 3. The molecule has 2 aromatic heterocycles. The molecule has 0 radical (unpaired) electrons. The number of hydrogen-bond acceptors (Lipinski definition) is 2. The van der Waals surface area contributed by atoms with Crippen LogP contribution < -0.4 is 5.32 Å². The van der Waals surface area contributed by atoms with Crippen molar-refractivity contribution in [2.45, 2.75) is 32.5 Å². The third kappa shape index (κ3) is 4.09. The van der Waals surface area contributed by atoms with E-state index in [0.29, 0.717) is 0 Å². The van der Waals surface area contributed by atoms with Gasteiger partial charge < -0.3 is 14.8 Å². The number of para-hydroxylation sites is 1. The molecule has 1 fully saturated rings. The number of aromatic nitrogens is 2. The Balaban J connectivity index is 1.63. The normalized spacial score (nSPS) is 17.9. The van der Waals surface area contributed by atoms with Gasteiger partial charge in [0.2, 0.25) is 0 Å². The summed E-state index contributed by atoms with van der Waals surface area (Å²) in [6, 6.07) is 27.2. The smallest absolute Gasteiger partial charge is 0.170 e. The van der Waals surface area contributed by atoms with Crippen LogP contribution in [0.5, 0.6) is 0 Å². The summed E-state index contributed by atoms with van der Waals surface area (Å²) in [5.41, 5.74) is 7.00. The average molecular weight is 517 g/mol. The van der Waals surface area contributed by atoms with E-state index in [2.05, 4.69) is 104 Å². The highest BCUT2D eigenvalue weighted by Gasteiger charge is 2.41. The van der Waals surface area contributed by atoms with E-state index in [9.17, 15) is 0 Å². The summed E-state index contributed by atoms with van der Waals surface area (Å²) < 4.78 is 3.39.